The number of methoxy groups -OCH3 is 1. The number of ether oxygens (including phenoxy) is 2. The van der Waals surface area contributed by atoms with Crippen LogP contribution in [0.3, 0.4) is 0 Å². The van der Waals surface area contributed by atoms with Gasteiger partial charge in [0, 0.05) is 40.3 Å². The molecule has 0 saturated carbocycles. The molecule has 2 aromatic carbocycles. The van der Waals surface area contributed by atoms with Crippen LogP contribution in [-0.4, -0.2) is 75.7 Å². The molecule has 166 valence electrons. The van der Waals surface area contributed by atoms with Crippen molar-refractivity contribution in [1.29, 1.82) is 0 Å². The van der Waals surface area contributed by atoms with Gasteiger partial charge in [0.05, 0.1) is 26.2 Å². The van der Waals surface area contributed by atoms with Crippen molar-refractivity contribution in [2.45, 2.75) is 12.5 Å². The molecule has 7 heteroatoms. The summed E-state index contributed by atoms with van der Waals surface area (Å²) in [7, 11) is 5.41. The number of nitrogens with zero attached hydrogens (tertiary/aromatic N) is 3. The summed E-state index contributed by atoms with van der Waals surface area (Å²) in [5.41, 5.74) is 2.15. The standard InChI is InChI=1S/C24H32N4O3/c1-25-24(27(2)18-19-9-11-21(30-3)12-10-19)26-17-22(20-7-5-4-6-8-20)23(29)28-13-15-31-16-14-28/h4-12,22H,13-18H2,1-3H3,(H,25,26). The van der Waals surface area contributed by atoms with Gasteiger partial charge in [0.2, 0.25) is 5.91 Å². The molecule has 0 spiro atoms. The zero-order chi connectivity index (χ0) is 22.1. The number of nitrogens with one attached hydrogen (secondary N) is 1. The van der Waals surface area contributed by atoms with E-state index in [0.717, 1.165) is 22.8 Å². The molecule has 1 saturated heterocycles. The van der Waals surface area contributed by atoms with E-state index < -0.39 is 0 Å². The van der Waals surface area contributed by atoms with Crippen LogP contribution in [0.4, 0.5) is 0 Å². The monoisotopic (exact) mass is 424 g/mol. The van der Waals surface area contributed by atoms with Gasteiger partial charge in [-0.2, -0.15) is 0 Å². The zero-order valence-electron chi connectivity index (χ0n) is 18.6. The smallest absolute Gasteiger partial charge is 0.232 e. The lowest BCUT2D eigenvalue weighted by Crippen LogP contribution is -2.47. The van der Waals surface area contributed by atoms with Gasteiger partial charge >= 0.3 is 0 Å². The van der Waals surface area contributed by atoms with Gasteiger partial charge in [0.25, 0.3) is 0 Å². The fraction of sp³-hybridized carbons (Fsp3) is 0.417. The van der Waals surface area contributed by atoms with Crippen LogP contribution in [0, 0.1) is 0 Å². The summed E-state index contributed by atoms with van der Waals surface area (Å²) in [4.78, 5) is 21.6. The Bertz CT molecular complexity index is 849. The molecule has 0 bridgehead atoms. The highest BCUT2D eigenvalue weighted by atomic mass is 16.5. The molecule has 0 aromatic heterocycles. The van der Waals surface area contributed by atoms with Gasteiger partial charge in [-0.3, -0.25) is 9.79 Å². The lowest BCUT2D eigenvalue weighted by molar-refractivity contribution is -0.136. The van der Waals surface area contributed by atoms with Crippen molar-refractivity contribution in [1.82, 2.24) is 15.1 Å². The Morgan fingerprint density at radius 1 is 1.16 bits per heavy atom. The van der Waals surface area contributed by atoms with E-state index in [-0.39, 0.29) is 11.8 Å². The molecule has 2 aromatic rings. The van der Waals surface area contributed by atoms with E-state index >= 15 is 0 Å². The molecule has 1 heterocycles. The molecule has 0 aliphatic carbocycles. The van der Waals surface area contributed by atoms with E-state index in [1.807, 2.05) is 71.4 Å². The topological polar surface area (TPSA) is 66.4 Å². The lowest BCUT2D eigenvalue weighted by atomic mass is 9.97. The van der Waals surface area contributed by atoms with Crippen molar-refractivity contribution >= 4 is 11.9 Å². The van der Waals surface area contributed by atoms with Gasteiger partial charge in [-0.25, -0.2) is 0 Å². The van der Waals surface area contributed by atoms with Crippen LogP contribution in [0.2, 0.25) is 0 Å². The number of carbonyl (C=O) groups is 1. The summed E-state index contributed by atoms with van der Waals surface area (Å²) in [6, 6.07) is 17.9. The van der Waals surface area contributed by atoms with Crippen molar-refractivity contribution in [3.05, 3.63) is 65.7 Å². The third kappa shape index (κ3) is 6.21. The zero-order valence-corrected chi connectivity index (χ0v) is 18.6. The van der Waals surface area contributed by atoms with Crippen molar-refractivity contribution in [2.24, 2.45) is 4.99 Å². The molecule has 1 amide bonds. The number of carbonyl (C=O) groups excluding carboxylic acids is 1. The predicted octanol–water partition coefficient (Wildman–Crippen LogP) is 2.34. The van der Waals surface area contributed by atoms with Gasteiger partial charge in [-0.15, -0.1) is 0 Å². The number of rotatable bonds is 7. The molecule has 1 unspecified atom stereocenters. The summed E-state index contributed by atoms with van der Waals surface area (Å²) < 4.78 is 10.6. The summed E-state index contributed by atoms with van der Waals surface area (Å²) in [6.07, 6.45) is 0. The maximum absolute atomic E-state index is 13.3. The molecule has 1 N–H and O–H groups in total. The SMILES string of the molecule is CN=C(NCC(C(=O)N1CCOCC1)c1ccccc1)N(C)Cc1ccc(OC)cc1. The predicted molar refractivity (Wildman–Crippen MR) is 122 cm³/mol. The Hall–Kier alpha value is -3.06. The minimum Gasteiger partial charge on any atom is -0.497 e. The first-order chi connectivity index (χ1) is 15.1. The number of benzene rings is 2. The Labute approximate surface area is 184 Å². The highest BCUT2D eigenvalue weighted by Gasteiger charge is 2.27. The number of amides is 1. The fourth-order valence-corrected chi connectivity index (χ4v) is 3.69. The van der Waals surface area contributed by atoms with E-state index in [2.05, 4.69) is 10.3 Å². The highest BCUT2D eigenvalue weighted by Crippen LogP contribution is 2.19. The van der Waals surface area contributed by atoms with Crippen molar-refractivity contribution < 1.29 is 14.3 Å². The molecular formula is C24H32N4O3. The molecule has 3 rings (SSSR count). The molecule has 1 fully saturated rings. The molecule has 7 nitrogen and oxygen atoms in total. The van der Waals surface area contributed by atoms with Crippen molar-refractivity contribution in [3.63, 3.8) is 0 Å². The Balaban J connectivity index is 1.67. The number of hydrogen-bond donors (Lipinski definition) is 1. The first-order valence-corrected chi connectivity index (χ1v) is 10.6. The minimum atomic E-state index is -0.287. The van der Waals surface area contributed by atoms with E-state index in [1.54, 1.807) is 14.2 Å². The van der Waals surface area contributed by atoms with Crippen LogP contribution in [0.25, 0.3) is 0 Å². The molecule has 1 aliphatic heterocycles. The largest absolute Gasteiger partial charge is 0.497 e. The molecule has 31 heavy (non-hydrogen) atoms. The average molecular weight is 425 g/mol. The third-order valence-corrected chi connectivity index (χ3v) is 5.44. The maximum Gasteiger partial charge on any atom is 0.232 e. The fourth-order valence-electron chi connectivity index (χ4n) is 3.69. The average Bonchev–Trinajstić information content (AvgIpc) is 2.83. The van der Waals surface area contributed by atoms with Gasteiger partial charge in [0.15, 0.2) is 5.96 Å². The van der Waals surface area contributed by atoms with Crippen LogP contribution in [0.5, 0.6) is 5.75 Å². The van der Waals surface area contributed by atoms with Crippen LogP contribution in [0.15, 0.2) is 59.6 Å². The van der Waals surface area contributed by atoms with E-state index in [4.69, 9.17) is 9.47 Å². The first kappa shape index (κ1) is 22.6. The second-order valence-electron chi connectivity index (χ2n) is 7.53. The number of guanidine groups is 1. The number of morpholine rings is 1. The molecule has 1 aliphatic rings. The van der Waals surface area contributed by atoms with Crippen LogP contribution in [0.1, 0.15) is 17.0 Å². The Kier molecular flexibility index (Phi) is 8.29. The van der Waals surface area contributed by atoms with Crippen LogP contribution in [-0.2, 0) is 16.1 Å². The maximum atomic E-state index is 13.3. The van der Waals surface area contributed by atoms with E-state index in [1.165, 1.54) is 0 Å². The molecule has 1 atom stereocenters. The number of hydrogen-bond acceptors (Lipinski definition) is 4. The quantitative estimate of drug-likeness (QED) is 0.546. The Morgan fingerprint density at radius 2 is 1.84 bits per heavy atom. The summed E-state index contributed by atoms with van der Waals surface area (Å²) >= 11 is 0. The van der Waals surface area contributed by atoms with Gasteiger partial charge in [0.1, 0.15) is 5.75 Å². The first-order valence-electron chi connectivity index (χ1n) is 10.6. The number of aliphatic imine (C=N–C) groups is 1. The lowest BCUT2D eigenvalue weighted by Gasteiger charge is -2.31. The summed E-state index contributed by atoms with van der Waals surface area (Å²) in [6.45, 7) is 3.61. The van der Waals surface area contributed by atoms with Crippen molar-refractivity contribution in [2.75, 3.05) is 54.1 Å². The second kappa shape index (κ2) is 11.4. The molecule has 0 radical (unpaired) electrons. The minimum absolute atomic E-state index is 0.121. The van der Waals surface area contributed by atoms with Gasteiger partial charge in [-0.05, 0) is 23.3 Å². The third-order valence-electron chi connectivity index (χ3n) is 5.44. The molecular weight excluding hydrogens is 392 g/mol. The van der Waals surface area contributed by atoms with Gasteiger partial charge < -0.3 is 24.6 Å². The Morgan fingerprint density at radius 3 is 2.45 bits per heavy atom. The van der Waals surface area contributed by atoms with Crippen LogP contribution >= 0.6 is 0 Å². The van der Waals surface area contributed by atoms with Crippen LogP contribution < -0.4 is 10.1 Å². The normalized spacial score (nSPS) is 15.3. The van der Waals surface area contributed by atoms with Crippen molar-refractivity contribution in [3.8, 4) is 5.75 Å². The second-order valence-corrected chi connectivity index (χ2v) is 7.53. The van der Waals surface area contributed by atoms with E-state index in [9.17, 15) is 4.79 Å². The summed E-state index contributed by atoms with van der Waals surface area (Å²) in [5.74, 6) is 1.41. The van der Waals surface area contributed by atoms with Gasteiger partial charge in [-0.1, -0.05) is 42.5 Å². The van der Waals surface area contributed by atoms with E-state index in [0.29, 0.717) is 39.4 Å². The summed E-state index contributed by atoms with van der Waals surface area (Å²) in [5, 5.41) is 3.40. The highest BCUT2D eigenvalue weighted by molar-refractivity contribution is 5.86.